The molecule has 1 saturated heterocycles. The third kappa shape index (κ3) is 4.65. The van der Waals surface area contributed by atoms with E-state index in [1.165, 1.54) is 12.1 Å². The van der Waals surface area contributed by atoms with Crippen LogP contribution in [0.15, 0.2) is 45.8 Å². The van der Waals surface area contributed by atoms with Crippen molar-refractivity contribution in [3.05, 3.63) is 57.0 Å². The predicted octanol–water partition coefficient (Wildman–Crippen LogP) is 4.84. The van der Waals surface area contributed by atoms with Crippen molar-refractivity contribution < 1.29 is 13.2 Å². The van der Waals surface area contributed by atoms with Crippen LogP contribution in [-0.4, -0.2) is 32.3 Å². The Balaban J connectivity index is 1.97. The van der Waals surface area contributed by atoms with Gasteiger partial charge in [-0.2, -0.15) is 0 Å². The number of halogens is 2. The molecule has 1 aliphatic heterocycles. The number of piperidine rings is 1. The maximum Gasteiger partial charge on any atom is 0.262 e. The molecule has 1 heterocycles. The van der Waals surface area contributed by atoms with Crippen molar-refractivity contribution in [2.24, 2.45) is 0 Å². The van der Waals surface area contributed by atoms with Crippen molar-refractivity contribution in [3.8, 4) is 0 Å². The van der Waals surface area contributed by atoms with Crippen molar-refractivity contribution in [1.29, 1.82) is 0 Å². The number of anilines is 1. The summed E-state index contributed by atoms with van der Waals surface area (Å²) in [5.74, 6) is -0.185. The molecule has 0 aromatic heterocycles. The highest BCUT2D eigenvalue weighted by molar-refractivity contribution is 9.10. The van der Waals surface area contributed by atoms with Gasteiger partial charge in [0.15, 0.2) is 0 Å². The lowest BCUT2D eigenvalue weighted by Gasteiger charge is -2.27. The predicted molar refractivity (Wildman–Crippen MR) is 111 cm³/mol. The fourth-order valence-corrected chi connectivity index (χ4v) is 5.15. The number of rotatable bonds is 4. The molecule has 0 bridgehead atoms. The topological polar surface area (TPSA) is 66.5 Å². The van der Waals surface area contributed by atoms with E-state index >= 15 is 0 Å². The monoisotopic (exact) mass is 470 g/mol. The lowest BCUT2D eigenvalue weighted by molar-refractivity contribution is 0.0725. The van der Waals surface area contributed by atoms with Gasteiger partial charge >= 0.3 is 0 Å². The van der Waals surface area contributed by atoms with Crippen LogP contribution in [0, 0.1) is 6.92 Å². The Bertz CT molecular complexity index is 973. The summed E-state index contributed by atoms with van der Waals surface area (Å²) in [7, 11) is -3.88. The first-order valence-corrected chi connectivity index (χ1v) is 11.3. The average molecular weight is 472 g/mol. The molecule has 1 N–H and O–H groups in total. The summed E-state index contributed by atoms with van der Waals surface area (Å²) in [5, 5.41) is 0.355. The first-order valence-electron chi connectivity index (χ1n) is 8.66. The van der Waals surface area contributed by atoms with Crippen LogP contribution >= 0.6 is 27.5 Å². The number of nitrogens with zero attached hydrogens (tertiary/aromatic N) is 1. The summed E-state index contributed by atoms with van der Waals surface area (Å²) in [4.78, 5) is 14.8. The number of benzene rings is 2. The molecular weight excluding hydrogens is 452 g/mol. The first-order chi connectivity index (χ1) is 12.8. The van der Waals surface area contributed by atoms with Crippen LogP contribution < -0.4 is 4.72 Å². The molecule has 144 valence electrons. The molecule has 1 amide bonds. The molecule has 0 spiro atoms. The van der Waals surface area contributed by atoms with Crippen molar-refractivity contribution in [3.63, 3.8) is 0 Å². The smallest absolute Gasteiger partial charge is 0.262 e. The molecular formula is C19H20BrClN2O3S. The third-order valence-corrected chi connectivity index (χ3v) is 6.78. The van der Waals surface area contributed by atoms with Gasteiger partial charge in [-0.05, 0) is 62.1 Å². The molecule has 2 aromatic rings. The van der Waals surface area contributed by atoms with Gasteiger partial charge in [0.25, 0.3) is 15.9 Å². The van der Waals surface area contributed by atoms with Crippen molar-refractivity contribution in [2.75, 3.05) is 17.8 Å². The van der Waals surface area contributed by atoms with E-state index in [-0.39, 0.29) is 16.5 Å². The van der Waals surface area contributed by atoms with E-state index in [2.05, 4.69) is 20.7 Å². The molecule has 0 radical (unpaired) electrons. The molecule has 0 unspecified atom stereocenters. The Hall–Kier alpha value is -1.57. The molecule has 5 nitrogen and oxygen atoms in total. The van der Waals surface area contributed by atoms with Crippen LogP contribution in [0.3, 0.4) is 0 Å². The lowest BCUT2D eigenvalue weighted by Crippen LogP contribution is -2.36. The Morgan fingerprint density at radius 3 is 2.52 bits per heavy atom. The summed E-state index contributed by atoms with van der Waals surface area (Å²) in [5.41, 5.74) is 1.10. The fourth-order valence-electron chi connectivity index (χ4n) is 3.12. The van der Waals surface area contributed by atoms with Crippen molar-refractivity contribution in [1.82, 2.24) is 4.90 Å². The second kappa shape index (κ2) is 8.20. The van der Waals surface area contributed by atoms with Crippen molar-refractivity contribution in [2.45, 2.75) is 31.1 Å². The highest BCUT2D eigenvalue weighted by Crippen LogP contribution is 2.28. The number of amides is 1. The fraction of sp³-hybridized carbons (Fsp3) is 0.316. The molecule has 1 aliphatic rings. The number of hydrogen-bond acceptors (Lipinski definition) is 3. The van der Waals surface area contributed by atoms with Crippen LogP contribution in [0.25, 0.3) is 0 Å². The van der Waals surface area contributed by atoms with E-state index in [9.17, 15) is 13.2 Å². The van der Waals surface area contributed by atoms with Gasteiger partial charge in [0.2, 0.25) is 0 Å². The van der Waals surface area contributed by atoms with E-state index < -0.39 is 10.0 Å². The van der Waals surface area contributed by atoms with E-state index in [1.807, 2.05) is 0 Å². The van der Waals surface area contributed by atoms with Gasteiger partial charge in [-0.25, -0.2) is 8.42 Å². The lowest BCUT2D eigenvalue weighted by atomic mass is 10.1. The molecule has 27 heavy (non-hydrogen) atoms. The molecule has 0 aliphatic carbocycles. The number of carbonyl (C=O) groups is 1. The highest BCUT2D eigenvalue weighted by Gasteiger charge is 2.24. The zero-order valence-electron chi connectivity index (χ0n) is 14.8. The van der Waals surface area contributed by atoms with Gasteiger partial charge in [0.1, 0.15) is 0 Å². The Morgan fingerprint density at radius 2 is 1.81 bits per heavy atom. The minimum Gasteiger partial charge on any atom is -0.339 e. The number of sulfonamides is 1. The van der Waals surface area contributed by atoms with Crippen LogP contribution in [0.2, 0.25) is 5.02 Å². The highest BCUT2D eigenvalue weighted by atomic mass is 79.9. The number of nitrogens with one attached hydrogen (secondary N) is 1. The summed E-state index contributed by atoms with van der Waals surface area (Å²) in [6, 6.07) is 9.68. The zero-order chi connectivity index (χ0) is 19.6. The number of aryl methyl sites for hydroxylation is 1. The number of hydrogen-bond donors (Lipinski definition) is 1. The molecule has 0 saturated carbocycles. The first kappa shape index (κ1) is 20.2. The molecule has 2 aromatic carbocycles. The van der Waals surface area contributed by atoms with Crippen LogP contribution in [0.1, 0.15) is 35.2 Å². The second-order valence-corrected chi connectivity index (χ2v) is 9.56. The maximum atomic E-state index is 12.9. The maximum absolute atomic E-state index is 12.9. The van der Waals surface area contributed by atoms with E-state index in [1.54, 1.807) is 36.1 Å². The van der Waals surface area contributed by atoms with E-state index in [0.717, 1.165) is 19.3 Å². The number of carbonyl (C=O) groups excluding carboxylic acids is 1. The molecule has 8 heteroatoms. The normalized spacial score (nSPS) is 14.9. The van der Waals surface area contributed by atoms with Gasteiger partial charge in [-0.1, -0.05) is 33.6 Å². The van der Waals surface area contributed by atoms with Crippen LogP contribution in [-0.2, 0) is 10.0 Å². The molecule has 0 atom stereocenters. The average Bonchev–Trinajstić information content (AvgIpc) is 2.63. The zero-order valence-corrected chi connectivity index (χ0v) is 18.0. The molecule has 1 fully saturated rings. The summed E-state index contributed by atoms with van der Waals surface area (Å²) < 4.78 is 29.1. The van der Waals surface area contributed by atoms with Crippen LogP contribution in [0.5, 0.6) is 0 Å². The second-order valence-electron chi connectivity index (χ2n) is 6.56. The van der Waals surface area contributed by atoms with Crippen molar-refractivity contribution >= 4 is 49.1 Å². The summed E-state index contributed by atoms with van der Waals surface area (Å²) in [6.45, 7) is 3.08. The minimum atomic E-state index is -3.88. The summed E-state index contributed by atoms with van der Waals surface area (Å²) >= 11 is 9.37. The van der Waals surface area contributed by atoms with E-state index in [0.29, 0.717) is 33.7 Å². The van der Waals surface area contributed by atoms with Gasteiger partial charge in [0, 0.05) is 22.6 Å². The SMILES string of the molecule is Cc1ccc(Br)cc1S(=O)(=O)Nc1cc(Cl)ccc1C(=O)N1CCCCC1. The van der Waals surface area contributed by atoms with Gasteiger partial charge < -0.3 is 4.90 Å². The Morgan fingerprint density at radius 1 is 1.11 bits per heavy atom. The standard InChI is InChI=1S/C19H20BrClN2O3S/c1-13-5-6-14(20)11-18(13)27(25,26)22-17-12-15(21)7-8-16(17)19(24)23-9-3-2-4-10-23/h5-8,11-12,22H,2-4,9-10H2,1H3. The van der Waals surface area contributed by atoms with E-state index in [4.69, 9.17) is 11.6 Å². The quantitative estimate of drug-likeness (QED) is 0.694. The molecule has 3 rings (SSSR count). The van der Waals surface area contributed by atoms with Gasteiger partial charge in [0.05, 0.1) is 16.1 Å². The Labute approximate surface area is 172 Å². The summed E-state index contributed by atoms with van der Waals surface area (Å²) in [6.07, 6.45) is 3.02. The van der Waals surface area contributed by atoms with Gasteiger partial charge in [-0.15, -0.1) is 0 Å². The van der Waals surface area contributed by atoms with Gasteiger partial charge in [-0.3, -0.25) is 9.52 Å². The minimum absolute atomic E-state index is 0.147. The third-order valence-electron chi connectivity index (χ3n) is 4.54. The number of likely N-dealkylation sites (tertiary alicyclic amines) is 1. The Kier molecular flexibility index (Phi) is 6.13. The van der Waals surface area contributed by atoms with Crippen LogP contribution in [0.4, 0.5) is 5.69 Å². The largest absolute Gasteiger partial charge is 0.339 e.